The standard InChI is InChI=1S/C32H13Cl8O6P/c33-21-22(34)26(38)30-29(25(21)37)43-47(44-30,45-31-27(39)23(35)24(36)28(40)32(31)46-47)42-18-12-10-14-6-2-4-8-16(14)20(18)19-15-7-3-1-5-13(15)9-11-17(19)41/h1-12,41H/p-1. The molecule has 15 heteroatoms. The molecule has 238 valence electrons. The molecule has 6 aromatic carbocycles. The van der Waals surface area contributed by atoms with E-state index in [-0.39, 0.29) is 74.7 Å². The number of fused-ring (bicyclic) bond motifs is 4. The van der Waals surface area contributed by atoms with Crippen LogP contribution in [0.1, 0.15) is 0 Å². The van der Waals surface area contributed by atoms with Crippen LogP contribution in [0.5, 0.6) is 34.5 Å². The van der Waals surface area contributed by atoms with Gasteiger partial charge in [-0.05, 0) is 0 Å². The maximum absolute atomic E-state index is 13.8. The van der Waals surface area contributed by atoms with Crippen LogP contribution in [0.15, 0.2) is 72.8 Å². The molecule has 2 aliphatic rings. The van der Waals surface area contributed by atoms with Gasteiger partial charge in [-0.25, -0.2) is 0 Å². The van der Waals surface area contributed by atoms with Crippen LogP contribution in [-0.4, -0.2) is 0 Å². The van der Waals surface area contributed by atoms with Crippen molar-refractivity contribution in [3.05, 3.63) is 113 Å². The van der Waals surface area contributed by atoms with Crippen molar-refractivity contribution >= 4 is 122 Å². The van der Waals surface area contributed by atoms with E-state index in [0.717, 1.165) is 10.8 Å². The number of halogens is 8. The van der Waals surface area contributed by atoms with Crippen molar-refractivity contribution in [1.29, 1.82) is 0 Å². The fourth-order valence-electron chi connectivity index (χ4n) is 5.55. The first-order valence-corrected chi connectivity index (χ1v) is 18.2. The minimum atomic E-state index is -5.62. The van der Waals surface area contributed by atoms with Gasteiger partial charge in [0.1, 0.15) is 0 Å². The Labute approximate surface area is 306 Å². The molecule has 47 heavy (non-hydrogen) atoms. The topological polar surface area (TPSA) is 69.2 Å². The van der Waals surface area contributed by atoms with E-state index in [2.05, 4.69) is 0 Å². The number of benzene rings is 6. The molecule has 0 N–H and O–H groups in total. The van der Waals surface area contributed by atoms with Gasteiger partial charge >= 0.3 is 308 Å². The van der Waals surface area contributed by atoms with Crippen molar-refractivity contribution < 1.29 is 27.7 Å². The Morgan fingerprint density at radius 1 is 0.447 bits per heavy atom. The molecule has 0 saturated heterocycles. The summed E-state index contributed by atoms with van der Waals surface area (Å²) in [7, 11) is -5.62. The molecule has 0 amide bonds. The molecule has 0 unspecified atom stereocenters. The Morgan fingerprint density at radius 3 is 1.28 bits per heavy atom. The van der Waals surface area contributed by atoms with Crippen molar-refractivity contribution in [3.63, 3.8) is 0 Å². The van der Waals surface area contributed by atoms with Gasteiger partial charge in [0.25, 0.3) is 0 Å². The van der Waals surface area contributed by atoms with Crippen LogP contribution in [0.2, 0.25) is 40.2 Å². The summed E-state index contributed by atoms with van der Waals surface area (Å²) in [5, 5.41) is 15.5. The Hall–Kier alpha value is -2.61. The van der Waals surface area contributed by atoms with Gasteiger partial charge in [-0.15, -0.1) is 0 Å². The predicted molar refractivity (Wildman–Crippen MR) is 189 cm³/mol. The fourth-order valence-corrected chi connectivity index (χ4v) is 10.3. The molecular formula is C32H12Cl8O6P-. The third-order valence-electron chi connectivity index (χ3n) is 7.61. The first-order valence-electron chi connectivity index (χ1n) is 13.4. The molecule has 2 aliphatic heterocycles. The second-order valence-electron chi connectivity index (χ2n) is 10.3. The fraction of sp³-hybridized carbons (Fsp3) is 0. The summed E-state index contributed by atoms with van der Waals surface area (Å²) in [5.41, 5.74) is 0.723. The summed E-state index contributed by atoms with van der Waals surface area (Å²) in [5.74, 6) is -1.00. The number of hydrogen-bond acceptors (Lipinski definition) is 6. The van der Waals surface area contributed by atoms with Gasteiger partial charge in [0.05, 0.1) is 0 Å². The van der Waals surface area contributed by atoms with Crippen LogP contribution < -0.4 is 27.7 Å². The summed E-state index contributed by atoms with van der Waals surface area (Å²) in [6, 6.07) is 21.5. The van der Waals surface area contributed by atoms with Crippen LogP contribution in [0.25, 0.3) is 32.7 Å². The van der Waals surface area contributed by atoms with E-state index in [1.165, 1.54) is 6.07 Å². The van der Waals surface area contributed by atoms with Gasteiger partial charge in [0.2, 0.25) is 0 Å². The van der Waals surface area contributed by atoms with E-state index in [0.29, 0.717) is 21.9 Å². The first-order chi connectivity index (χ1) is 22.4. The summed E-state index contributed by atoms with van der Waals surface area (Å²) >= 11 is 51.9. The predicted octanol–water partition coefficient (Wildman–Crippen LogP) is 13.4. The zero-order chi connectivity index (χ0) is 33.0. The van der Waals surface area contributed by atoms with Crippen LogP contribution >= 0.6 is 101 Å². The average molecular weight is 807 g/mol. The van der Waals surface area contributed by atoms with Crippen molar-refractivity contribution in [2.75, 3.05) is 0 Å². The number of rotatable bonds is 3. The van der Waals surface area contributed by atoms with Crippen molar-refractivity contribution in [2.45, 2.75) is 0 Å². The normalized spacial score (nSPS) is 16.0. The van der Waals surface area contributed by atoms with Gasteiger partial charge in [-0.1, -0.05) is 0 Å². The molecule has 0 saturated carbocycles. The van der Waals surface area contributed by atoms with Crippen LogP contribution in [0, 0.1) is 0 Å². The molecule has 8 rings (SSSR count). The summed E-state index contributed by atoms with van der Waals surface area (Å²) < 4.78 is 32.3. The molecule has 0 bridgehead atoms. The first kappa shape index (κ1) is 31.6. The van der Waals surface area contributed by atoms with Gasteiger partial charge in [-0.3, -0.25) is 0 Å². The van der Waals surface area contributed by atoms with E-state index < -0.39 is 7.74 Å². The van der Waals surface area contributed by atoms with E-state index in [4.69, 9.17) is 115 Å². The molecule has 0 fully saturated rings. The molecule has 2 heterocycles. The van der Waals surface area contributed by atoms with Gasteiger partial charge in [0.15, 0.2) is 0 Å². The van der Waals surface area contributed by atoms with E-state index in [1.807, 2.05) is 48.5 Å². The molecule has 1 spiro atoms. The minimum absolute atomic E-state index is 0.0595. The second kappa shape index (κ2) is 10.9. The quantitative estimate of drug-likeness (QED) is 0.101. The van der Waals surface area contributed by atoms with Crippen molar-refractivity contribution in [1.82, 2.24) is 0 Å². The summed E-state index contributed by atoms with van der Waals surface area (Å²) in [6.07, 6.45) is 0. The van der Waals surface area contributed by atoms with Gasteiger partial charge < -0.3 is 0 Å². The molecular weight excluding hydrogens is 795 g/mol. The van der Waals surface area contributed by atoms with E-state index in [1.54, 1.807) is 18.2 Å². The average Bonchev–Trinajstić information content (AvgIpc) is 3.60. The second-order valence-corrected chi connectivity index (χ2v) is 15.8. The van der Waals surface area contributed by atoms with Crippen LogP contribution in [0.3, 0.4) is 0 Å². The van der Waals surface area contributed by atoms with Gasteiger partial charge in [0, 0.05) is 0 Å². The maximum atomic E-state index is 13.8. The molecule has 6 aromatic rings. The molecule has 0 aliphatic carbocycles. The zero-order valence-electron chi connectivity index (χ0n) is 22.8. The Balaban J connectivity index is 1.44. The van der Waals surface area contributed by atoms with Crippen molar-refractivity contribution in [2.24, 2.45) is 0 Å². The Kier molecular flexibility index (Phi) is 7.37. The number of hydrogen-bond donors (Lipinski definition) is 0. The third kappa shape index (κ3) is 4.58. The monoisotopic (exact) mass is 803 g/mol. The van der Waals surface area contributed by atoms with Crippen molar-refractivity contribution in [3.8, 4) is 45.6 Å². The Bertz CT molecular complexity index is 2230. The van der Waals surface area contributed by atoms with Crippen LogP contribution in [0.4, 0.5) is 0 Å². The molecule has 0 aromatic heterocycles. The van der Waals surface area contributed by atoms with E-state index in [9.17, 15) is 5.11 Å². The summed E-state index contributed by atoms with van der Waals surface area (Å²) in [4.78, 5) is 0. The Morgan fingerprint density at radius 2 is 0.830 bits per heavy atom. The van der Waals surface area contributed by atoms with E-state index >= 15 is 0 Å². The van der Waals surface area contributed by atoms with Gasteiger partial charge in [-0.2, -0.15) is 0 Å². The summed E-state index contributed by atoms with van der Waals surface area (Å²) in [6.45, 7) is 0. The third-order valence-corrected chi connectivity index (χ3v) is 13.6. The SMILES string of the molecule is [O-]c1ccc2ccccc2c1-c1c(OP23(Oc4c(Cl)c(Cl)c(Cl)c(Cl)c4O2)Oc2c(Cl)c(Cl)c(Cl)c(Cl)c2O3)ccc2ccccc12. The zero-order valence-corrected chi connectivity index (χ0v) is 29.8. The molecule has 0 atom stereocenters. The molecule has 6 nitrogen and oxygen atoms in total. The molecule has 0 radical (unpaired) electrons. The van der Waals surface area contributed by atoms with Crippen LogP contribution in [-0.2, 0) is 0 Å².